The molecule has 0 saturated carbocycles. The number of amides is 1. The van der Waals surface area contributed by atoms with Crippen molar-refractivity contribution < 1.29 is 14.3 Å². The number of carbonyl (C=O) groups is 1. The zero-order chi connectivity index (χ0) is 17.6. The molecule has 0 aliphatic carbocycles. The number of carbonyl (C=O) groups excluding carboxylic acids is 1. The normalized spacial score (nSPS) is 17.6. The molecule has 1 aliphatic heterocycles. The summed E-state index contributed by atoms with van der Waals surface area (Å²) >= 11 is 0. The number of aliphatic hydroxyl groups excluding tert-OH is 1. The van der Waals surface area contributed by atoms with Gasteiger partial charge < -0.3 is 10.4 Å². The van der Waals surface area contributed by atoms with E-state index in [9.17, 15) is 14.3 Å². The molecule has 0 radical (unpaired) electrons. The van der Waals surface area contributed by atoms with E-state index in [4.69, 9.17) is 0 Å². The summed E-state index contributed by atoms with van der Waals surface area (Å²) in [5, 5.41) is 12.4. The minimum absolute atomic E-state index is 0.184. The molecule has 0 unspecified atom stereocenters. The average Bonchev–Trinajstić information content (AvgIpc) is 3.08. The summed E-state index contributed by atoms with van der Waals surface area (Å²) in [6.07, 6.45) is 2.13. The number of hydrogen-bond donors (Lipinski definition) is 2. The number of nitrogens with zero attached hydrogens (tertiary/aromatic N) is 1. The van der Waals surface area contributed by atoms with Crippen LogP contribution in [0.5, 0.6) is 0 Å². The largest absolute Gasteiger partial charge is 0.395 e. The summed E-state index contributed by atoms with van der Waals surface area (Å²) in [5.41, 5.74) is 2.66. The molecule has 0 spiro atoms. The molecular formula is C20H23FN2O2. The first kappa shape index (κ1) is 17.6. The first-order valence-electron chi connectivity index (χ1n) is 8.63. The van der Waals surface area contributed by atoms with Crippen molar-refractivity contribution in [1.82, 2.24) is 10.2 Å². The summed E-state index contributed by atoms with van der Waals surface area (Å²) in [6, 6.07) is 13.8. The predicted octanol–water partition coefficient (Wildman–Crippen LogP) is 2.71. The van der Waals surface area contributed by atoms with Gasteiger partial charge in [-0.1, -0.05) is 24.3 Å². The maximum Gasteiger partial charge on any atom is 0.251 e. The second kappa shape index (κ2) is 8.23. The molecule has 1 atom stereocenters. The lowest BCUT2D eigenvalue weighted by atomic mass is 10.1. The van der Waals surface area contributed by atoms with Gasteiger partial charge in [0.25, 0.3) is 5.91 Å². The molecule has 25 heavy (non-hydrogen) atoms. The van der Waals surface area contributed by atoms with Crippen LogP contribution in [0.1, 0.15) is 34.3 Å². The van der Waals surface area contributed by atoms with E-state index < -0.39 is 0 Å². The number of likely N-dealkylation sites (tertiary alicyclic amines) is 1. The van der Waals surface area contributed by atoms with Crippen LogP contribution in [0, 0.1) is 5.82 Å². The Morgan fingerprint density at radius 1 is 1.16 bits per heavy atom. The first-order chi connectivity index (χ1) is 12.2. The summed E-state index contributed by atoms with van der Waals surface area (Å²) < 4.78 is 13.0. The molecule has 0 aromatic heterocycles. The van der Waals surface area contributed by atoms with Crippen molar-refractivity contribution in [3.05, 3.63) is 71.0 Å². The molecule has 1 fully saturated rings. The predicted molar refractivity (Wildman–Crippen MR) is 94.5 cm³/mol. The average molecular weight is 342 g/mol. The van der Waals surface area contributed by atoms with Gasteiger partial charge in [-0.05, 0) is 54.8 Å². The summed E-state index contributed by atoms with van der Waals surface area (Å²) in [4.78, 5) is 14.5. The SMILES string of the molecule is O=C(NCc1ccccc1CN1CCC[C@H]1CO)c1ccc(F)cc1. The van der Waals surface area contributed by atoms with Gasteiger partial charge in [0.15, 0.2) is 0 Å². The minimum atomic E-state index is -0.356. The van der Waals surface area contributed by atoms with E-state index in [0.29, 0.717) is 12.1 Å². The smallest absolute Gasteiger partial charge is 0.251 e. The number of halogens is 1. The van der Waals surface area contributed by atoms with Crippen LogP contribution in [0.15, 0.2) is 48.5 Å². The third-order valence-corrected chi connectivity index (χ3v) is 4.75. The Kier molecular flexibility index (Phi) is 5.79. The van der Waals surface area contributed by atoms with Gasteiger partial charge in [0.1, 0.15) is 5.82 Å². The quantitative estimate of drug-likeness (QED) is 0.849. The second-order valence-electron chi connectivity index (χ2n) is 6.41. The zero-order valence-corrected chi connectivity index (χ0v) is 14.1. The molecule has 2 aromatic rings. The van der Waals surface area contributed by atoms with Crippen LogP contribution in [-0.2, 0) is 13.1 Å². The van der Waals surface area contributed by atoms with Gasteiger partial charge in [-0.3, -0.25) is 9.69 Å². The highest BCUT2D eigenvalue weighted by Crippen LogP contribution is 2.21. The second-order valence-corrected chi connectivity index (χ2v) is 6.41. The molecule has 1 heterocycles. The van der Waals surface area contributed by atoms with E-state index in [1.165, 1.54) is 24.3 Å². The number of hydrogen-bond acceptors (Lipinski definition) is 3. The lowest BCUT2D eigenvalue weighted by molar-refractivity contribution is 0.0950. The summed E-state index contributed by atoms with van der Waals surface area (Å²) in [6.45, 7) is 2.36. The molecule has 2 N–H and O–H groups in total. The molecule has 5 heteroatoms. The van der Waals surface area contributed by atoms with Crippen molar-refractivity contribution in [2.24, 2.45) is 0 Å². The third kappa shape index (κ3) is 4.44. The Morgan fingerprint density at radius 3 is 2.60 bits per heavy atom. The van der Waals surface area contributed by atoms with Gasteiger partial charge >= 0.3 is 0 Å². The topological polar surface area (TPSA) is 52.6 Å². The number of rotatable bonds is 6. The van der Waals surface area contributed by atoms with Crippen LogP contribution in [0.4, 0.5) is 4.39 Å². The van der Waals surface area contributed by atoms with E-state index in [1.807, 2.05) is 18.2 Å². The van der Waals surface area contributed by atoms with E-state index in [0.717, 1.165) is 37.1 Å². The molecule has 3 rings (SSSR count). The molecular weight excluding hydrogens is 319 g/mol. The van der Waals surface area contributed by atoms with Gasteiger partial charge in [-0.25, -0.2) is 4.39 Å². The van der Waals surface area contributed by atoms with Crippen molar-refractivity contribution in [1.29, 1.82) is 0 Å². The minimum Gasteiger partial charge on any atom is -0.395 e. The van der Waals surface area contributed by atoms with E-state index >= 15 is 0 Å². The standard InChI is InChI=1S/C20H23FN2O2/c21-18-9-7-15(8-10-18)20(25)22-12-16-4-1-2-5-17(16)13-23-11-3-6-19(23)14-24/h1-2,4-5,7-10,19,24H,3,6,11-14H2,(H,22,25)/t19-/m0/s1. The van der Waals surface area contributed by atoms with E-state index in [1.54, 1.807) is 0 Å². The van der Waals surface area contributed by atoms with Crippen molar-refractivity contribution in [3.63, 3.8) is 0 Å². The van der Waals surface area contributed by atoms with Crippen molar-refractivity contribution in [3.8, 4) is 0 Å². The van der Waals surface area contributed by atoms with Crippen LogP contribution in [0.3, 0.4) is 0 Å². The fourth-order valence-corrected chi connectivity index (χ4v) is 3.29. The van der Waals surface area contributed by atoms with Gasteiger partial charge in [-0.15, -0.1) is 0 Å². The fraction of sp³-hybridized carbons (Fsp3) is 0.350. The summed E-state index contributed by atoms with van der Waals surface area (Å²) in [5.74, 6) is -0.574. The van der Waals surface area contributed by atoms with Crippen molar-refractivity contribution >= 4 is 5.91 Å². The Bertz CT molecular complexity index is 718. The Balaban J connectivity index is 1.64. The van der Waals surface area contributed by atoms with E-state index in [-0.39, 0.29) is 24.4 Å². The lowest BCUT2D eigenvalue weighted by Crippen LogP contribution is -2.32. The summed E-state index contributed by atoms with van der Waals surface area (Å²) in [7, 11) is 0. The van der Waals surface area contributed by atoms with Crippen molar-refractivity contribution in [2.45, 2.75) is 32.0 Å². The number of nitrogens with one attached hydrogen (secondary N) is 1. The van der Waals surface area contributed by atoms with E-state index in [2.05, 4.69) is 16.3 Å². The molecule has 1 saturated heterocycles. The third-order valence-electron chi connectivity index (χ3n) is 4.75. The van der Waals surface area contributed by atoms with Crippen LogP contribution in [0.25, 0.3) is 0 Å². The van der Waals surface area contributed by atoms with Crippen LogP contribution in [0.2, 0.25) is 0 Å². The van der Waals surface area contributed by atoms with Crippen LogP contribution < -0.4 is 5.32 Å². The molecule has 132 valence electrons. The van der Waals surface area contributed by atoms with Crippen molar-refractivity contribution in [2.75, 3.05) is 13.2 Å². The highest BCUT2D eigenvalue weighted by molar-refractivity contribution is 5.94. The monoisotopic (exact) mass is 342 g/mol. The Morgan fingerprint density at radius 2 is 1.88 bits per heavy atom. The van der Waals surface area contributed by atoms with Crippen LogP contribution in [-0.4, -0.2) is 35.1 Å². The molecule has 0 bridgehead atoms. The lowest BCUT2D eigenvalue weighted by Gasteiger charge is -2.24. The number of benzene rings is 2. The molecule has 1 amide bonds. The van der Waals surface area contributed by atoms with Crippen LogP contribution >= 0.6 is 0 Å². The fourth-order valence-electron chi connectivity index (χ4n) is 3.29. The first-order valence-corrected chi connectivity index (χ1v) is 8.63. The highest BCUT2D eigenvalue weighted by Gasteiger charge is 2.24. The zero-order valence-electron chi connectivity index (χ0n) is 14.1. The molecule has 1 aliphatic rings. The maximum atomic E-state index is 13.0. The number of aliphatic hydroxyl groups is 1. The van der Waals surface area contributed by atoms with Gasteiger partial charge in [0.05, 0.1) is 6.61 Å². The van der Waals surface area contributed by atoms with Gasteiger partial charge in [0.2, 0.25) is 0 Å². The van der Waals surface area contributed by atoms with Gasteiger partial charge in [0, 0.05) is 24.7 Å². The Hall–Kier alpha value is -2.24. The van der Waals surface area contributed by atoms with Gasteiger partial charge in [-0.2, -0.15) is 0 Å². The molecule has 2 aromatic carbocycles. The Labute approximate surface area is 147 Å². The maximum absolute atomic E-state index is 13.0. The molecule has 4 nitrogen and oxygen atoms in total. The highest BCUT2D eigenvalue weighted by atomic mass is 19.1.